The normalized spacial score (nSPS) is 11.0. The Kier molecular flexibility index (Phi) is 9.48. The van der Waals surface area contributed by atoms with Crippen LogP contribution in [0, 0.1) is 32.0 Å². The van der Waals surface area contributed by atoms with Crippen molar-refractivity contribution in [2.75, 3.05) is 13.7 Å². The Balaban J connectivity index is 2.24. The molecule has 0 saturated heterocycles. The Morgan fingerprint density at radius 3 is 2.21 bits per heavy atom. The second-order valence-corrected chi connectivity index (χ2v) is 7.28. The van der Waals surface area contributed by atoms with Crippen molar-refractivity contribution in [3.63, 3.8) is 0 Å². The molecule has 0 aliphatic carbocycles. The first kappa shape index (κ1) is 26.2. The van der Waals surface area contributed by atoms with E-state index >= 15 is 0 Å². The topological polar surface area (TPSA) is 131 Å². The number of nitro benzene ring substituents is 2. The van der Waals surface area contributed by atoms with Crippen molar-refractivity contribution in [3.8, 4) is 11.5 Å². The Hall–Kier alpha value is -4.02. The number of rotatable bonds is 12. The molecule has 34 heavy (non-hydrogen) atoms. The molecule has 0 heterocycles. The SMILES string of the molecule is CCC(CC)COC(=O)/C=C/c1ccc(OC)c(OCc2c([N+](=O)[O-])cc(F)cc2[N+](=O)[O-])c1. The van der Waals surface area contributed by atoms with Crippen LogP contribution in [0.25, 0.3) is 6.08 Å². The number of hydrogen-bond donors (Lipinski definition) is 0. The van der Waals surface area contributed by atoms with Gasteiger partial charge in [-0.2, -0.15) is 0 Å². The highest BCUT2D eigenvalue weighted by Crippen LogP contribution is 2.34. The second kappa shape index (κ2) is 12.3. The first-order chi connectivity index (χ1) is 16.2. The summed E-state index contributed by atoms with van der Waals surface area (Å²) in [5.41, 5.74) is -1.42. The van der Waals surface area contributed by atoms with Crippen LogP contribution in [0.1, 0.15) is 37.8 Å². The zero-order chi connectivity index (χ0) is 25.3. The van der Waals surface area contributed by atoms with E-state index in [9.17, 15) is 29.4 Å². The molecular formula is C23H25FN2O8. The lowest BCUT2D eigenvalue weighted by atomic mass is 10.1. The molecule has 2 aromatic carbocycles. The highest BCUT2D eigenvalue weighted by Gasteiger charge is 2.27. The number of benzene rings is 2. The first-order valence-corrected chi connectivity index (χ1v) is 10.5. The average Bonchev–Trinajstić information content (AvgIpc) is 2.81. The fourth-order valence-corrected chi connectivity index (χ4v) is 3.08. The fourth-order valence-electron chi connectivity index (χ4n) is 3.08. The molecule has 0 unspecified atom stereocenters. The molecule has 0 aliphatic heterocycles. The Bertz CT molecular complexity index is 1050. The second-order valence-electron chi connectivity index (χ2n) is 7.28. The number of carbonyl (C=O) groups excluding carboxylic acids is 1. The van der Waals surface area contributed by atoms with Crippen molar-refractivity contribution in [1.29, 1.82) is 0 Å². The lowest BCUT2D eigenvalue weighted by molar-refractivity contribution is -0.396. The predicted octanol–water partition coefficient (Wildman–Crippen LogP) is 5.22. The van der Waals surface area contributed by atoms with Crippen molar-refractivity contribution < 1.29 is 33.2 Å². The quantitative estimate of drug-likeness (QED) is 0.176. The molecule has 0 atom stereocenters. The summed E-state index contributed by atoms with van der Waals surface area (Å²) in [7, 11) is 1.37. The smallest absolute Gasteiger partial charge is 0.330 e. The minimum atomic E-state index is -1.11. The summed E-state index contributed by atoms with van der Waals surface area (Å²) in [5, 5.41) is 22.6. The summed E-state index contributed by atoms with van der Waals surface area (Å²) in [4.78, 5) is 32.7. The van der Waals surface area contributed by atoms with E-state index in [1.807, 2.05) is 13.8 Å². The molecule has 10 nitrogen and oxygen atoms in total. The van der Waals surface area contributed by atoms with Crippen molar-refractivity contribution in [2.24, 2.45) is 5.92 Å². The summed E-state index contributed by atoms with van der Waals surface area (Å²) in [6.45, 7) is 3.77. The number of esters is 1. The van der Waals surface area contributed by atoms with Gasteiger partial charge in [0.25, 0.3) is 11.4 Å². The van der Waals surface area contributed by atoms with Crippen LogP contribution in [0.5, 0.6) is 11.5 Å². The molecule has 0 amide bonds. The Morgan fingerprint density at radius 1 is 1.06 bits per heavy atom. The van der Waals surface area contributed by atoms with Gasteiger partial charge in [-0.15, -0.1) is 0 Å². The third kappa shape index (κ3) is 6.99. The van der Waals surface area contributed by atoms with Gasteiger partial charge in [-0.25, -0.2) is 9.18 Å². The molecule has 0 bridgehead atoms. The number of hydrogen-bond acceptors (Lipinski definition) is 8. The molecule has 2 aromatic rings. The number of ether oxygens (including phenoxy) is 3. The van der Waals surface area contributed by atoms with Crippen LogP contribution in [0.3, 0.4) is 0 Å². The van der Waals surface area contributed by atoms with E-state index in [-0.39, 0.29) is 17.4 Å². The molecule has 0 saturated carbocycles. The van der Waals surface area contributed by atoms with E-state index in [4.69, 9.17) is 14.2 Å². The van der Waals surface area contributed by atoms with Crippen molar-refractivity contribution in [3.05, 3.63) is 73.6 Å². The Labute approximate surface area is 195 Å². The standard InChI is InChI=1S/C23H25FN2O8/c1-4-15(5-2)13-34-23(27)9-7-16-6-8-21(32-3)22(10-16)33-14-18-19(25(28)29)11-17(24)12-20(18)26(30)31/h6-12,15H,4-5,13-14H2,1-3H3/b9-7+. The van der Waals surface area contributed by atoms with Crippen LogP contribution < -0.4 is 9.47 Å². The molecule has 0 N–H and O–H groups in total. The minimum Gasteiger partial charge on any atom is -0.493 e. The molecule has 0 aliphatic rings. The lowest BCUT2D eigenvalue weighted by Gasteiger charge is -2.12. The highest BCUT2D eigenvalue weighted by molar-refractivity contribution is 5.87. The van der Waals surface area contributed by atoms with Gasteiger partial charge in [0.05, 0.1) is 35.7 Å². The first-order valence-electron chi connectivity index (χ1n) is 10.5. The van der Waals surface area contributed by atoms with Gasteiger partial charge >= 0.3 is 5.97 Å². The maximum Gasteiger partial charge on any atom is 0.330 e. The molecule has 0 aromatic heterocycles. The van der Waals surface area contributed by atoms with Crippen molar-refractivity contribution >= 4 is 23.4 Å². The number of nitrogens with zero attached hydrogens (tertiary/aromatic N) is 2. The lowest BCUT2D eigenvalue weighted by Crippen LogP contribution is -2.11. The van der Waals surface area contributed by atoms with Crippen LogP contribution in [-0.4, -0.2) is 29.5 Å². The van der Waals surface area contributed by atoms with E-state index in [0.717, 1.165) is 12.8 Å². The van der Waals surface area contributed by atoms with Gasteiger partial charge in [0.2, 0.25) is 0 Å². The summed E-state index contributed by atoms with van der Waals surface area (Å²) < 4.78 is 29.7. The maximum absolute atomic E-state index is 13.6. The summed E-state index contributed by atoms with van der Waals surface area (Å²) in [6.07, 6.45) is 4.54. The highest BCUT2D eigenvalue weighted by atomic mass is 19.1. The summed E-state index contributed by atoms with van der Waals surface area (Å²) in [6, 6.07) is 5.85. The zero-order valence-corrected chi connectivity index (χ0v) is 19.0. The van der Waals surface area contributed by atoms with E-state index in [1.54, 1.807) is 6.07 Å². The number of nitro groups is 2. The van der Waals surface area contributed by atoms with Crippen molar-refractivity contribution in [1.82, 2.24) is 0 Å². The van der Waals surface area contributed by atoms with Crippen LogP contribution in [0.4, 0.5) is 15.8 Å². The van der Waals surface area contributed by atoms with Gasteiger partial charge in [-0.1, -0.05) is 32.8 Å². The average molecular weight is 476 g/mol. The van der Waals surface area contributed by atoms with E-state index in [0.29, 0.717) is 24.3 Å². The molecule has 0 spiro atoms. The summed E-state index contributed by atoms with van der Waals surface area (Å²) in [5.74, 6) is -0.965. The number of halogens is 1. The fraction of sp³-hybridized carbons (Fsp3) is 0.348. The largest absolute Gasteiger partial charge is 0.493 e. The van der Waals surface area contributed by atoms with Crippen LogP contribution in [0.15, 0.2) is 36.4 Å². The third-order valence-corrected chi connectivity index (χ3v) is 5.15. The van der Waals surface area contributed by atoms with Crippen LogP contribution in [-0.2, 0) is 16.1 Å². The monoisotopic (exact) mass is 476 g/mol. The number of methoxy groups -OCH3 is 1. The van der Waals surface area contributed by atoms with Gasteiger partial charge in [-0.3, -0.25) is 20.2 Å². The van der Waals surface area contributed by atoms with Gasteiger partial charge in [-0.05, 0) is 29.7 Å². The van der Waals surface area contributed by atoms with Gasteiger partial charge < -0.3 is 14.2 Å². The molecule has 0 fully saturated rings. The Morgan fingerprint density at radius 2 is 1.68 bits per heavy atom. The molecule has 11 heteroatoms. The van der Waals surface area contributed by atoms with Gasteiger partial charge in [0.1, 0.15) is 18.0 Å². The molecular weight excluding hydrogens is 451 g/mol. The predicted molar refractivity (Wildman–Crippen MR) is 121 cm³/mol. The third-order valence-electron chi connectivity index (χ3n) is 5.15. The number of carbonyl (C=O) groups is 1. The van der Waals surface area contributed by atoms with Crippen LogP contribution in [0.2, 0.25) is 0 Å². The summed E-state index contributed by atoms with van der Waals surface area (Å²) >= 11 is 0. The van der Waals surface area contributed by atoms with E-state index in [1.165, 1.54) is 31.4 Å². The zero-order valence-electron chi connectivity index (χ0n) is 19.0. The molecule has 182 valence electrons. The van der Waals surface area contributed by atoms with E-state index in [2.05, 4.69) is 0 Å². The molecule has 2 rings (SSSR count). The van der Waals surface area contributed by atoms with Gasteiger partial charge in [0.15, 0.2) is 11.5 Å². The van der Waals surface area contributed by atoms with Gasteiger partial charge in [0, 0.05) is 6.08 Å². The van der Waals surface area contributed by atoms with Crippen LogP contribution >= 0.6 is 0 Å². The molecule has 0 radical (unpaired) electrons. The minimum absolute atomic E-state index is 0.114. The van der Waals surface area contributed by atoms with E-state index < -0.39 is 45.2 Å². The van der Waals surface area contributed by atoms with Crippen molar-refractivity contribution in [2.45, 2.75) is 33.3 Å². The maximum atomic E-state index is 13.6.